The number of carbonyl (C=O) groups excluding carboxylic acids is 3. The van der Waals surface area contributed by atoms with E-state index in [-0.39, 0.29) is 22.4 Å². The second kappa shape index (κ2) is 9.09. The smallest absolute Gasteiger partial charge is 0.339 e. The van der Waals surface area contributed by atoms with Gasteiger partial charge in [0, 0.05) is 17.2 Å². The fourth-order valence-corrected chi connectivity index (χ4v) is 3.49. The minimum atomic E-state index is -0.820. The minimum absolute atomic E-state index is 0.0760. The molecule has 2 rings (SSSR count). The molecule has 0 radical (unpaired) electrons. The van der Waals surface area contributed by atoms with Crippen LogP contribution in [0.1, 0.15) is 24.2 Å². The maximum atomic E-state index is 14.1. The van der Waals surface area contributed by atoms with E-state index in [0.717, 1.165) is 12.1 Å². The van der Waals surface area contributed by atoms with Crippen LogP contribution in [-0.4, -0.2) is 42.7 Å². The fourth-order valence-electron chi connectivity index (χ4n) is 2.22. The van der Waals surface area contributed by atoms with E-state index in [1.54, 1.807) is 13.8 Å². The van der Waals surface area contributed by atoms with Crippen LogP contribution in [0.25, 0.3) is 0 Å². The van der Waals surface area contributed by atoms with E-state index in [2.05, 4.69) is 15.4 Å². The topological polar surface area (TPSA) is 93.7 Å². The maximum Gasteiger partial charge on any atom is 0.339 e. The number of amides is 2. The first-order chi connectivity index (χ1) is 12.7. The molecule has 7 nitrogen and oxygen atoms in total. The maximum absolute atomic E-state index is 14.1. The van der Waals surface area contributed by atoms with Crippen molar-refractivity contribution in [2.45, 2.75) is 20.0 Å². The molecule has 0 bridgehead atoms. The average molecular weight is 417 g/mol. The van der Waals surface area contributed by atoms with Gasteiger partial charge < -0.3 is 20.1 Å². The van der Waals surface area contributed by atoms with Crippen LogP contribution in [0.3, 0.4) is 0 Å². The zero-order valence-corrected chi connectivity index (χ0v) is 16.4. The molecule has 27 heavy (non-hydrogen) atoms. The van der Waals surface area contributed by atoms with Gasteiger partial charge in [-0.15, -0.1) is 0 Å². The summed E-state index contributed by atoms with van der Waals surface area (Å²) < 4.78 is 23.8. The van der Waals surface area contributed by atoms with Gasteiger partial charge in [0.1, 0.15) is 5.82 Å². The molecular weight excluding hydrogens is 399 g/mol. The first-order valence-electron chi connectivity index (χ1n) is 7.89. The van der Waals surface area contributed by atoms with E-state index in [1.165, 1.54) is 18.9 Å². The average Bonchev–Trinajstić information content (AvgIpc) is 3.03. The molecule has 1 aromatic rings. The predicted molar refractivity (Wildman–Crippen MR) is 100 cm³/mol. The number of rotatable bonds is 5. The van der Waals surface area contributed by atoms with Gasteiger partial charge in [0.25, 0.3) is 0 Å². The molecule has 2 N–H and O–H groups in total. The molecule has 10 heteroatoms. The quantitative estimate of drug-likeness (QED) is 0.715. The number of anilines is 1. The molecule has 1 aliphatic heterocycles. The van der Waals surface area contributed by atoms with Crippen molar-refractivity contribution in [2.24, 2.45) is 0 Å². The summed E-state index contributed by atoms with van der Waals surface area (Å²) in [7, 11) is 1.25. The van der Waals surface area contributed by atoms with Crippen molar-refractivity contribution in [3.63, 3.8) is 0 Å². The molecular formula is C17H18ClFN2O5S. The summed E-state index contributed by atoms with van der Waals surface area (Å²) in [6.07, 6.45) is -0.387. The highest BCUT2D eigenvalue weighted by molar-refractivity contribution is 8.00. The van der Waals surface area contributed by atoms with Crippen molar-refractivity contribution in [1.29, 1.82) is 0 Å². The lowest BCUT2D eigenvalue weighted by molar-refractivity contribution is -0.136. The lowest BCUT2D eigenvalue weighted by Crippen LogP contribution is -2.30. The molecule has 0 aromatic heterocycles. The van der Waals surface area contributed by atoms with Crippen molar-refractivity contribution >= 4 is 47.0 Å². The Kier molecular flexibility index (Phi) is 7.09. The van der Waals surface area contributed by atoms with Gasteiger partial charge >= 0.3 is 18.0 Å². The van der Waals surface area contributed by atoms with Crippen molar-refractivity contribution in [2.75, 3.05) is 23.9 Å². The Bertz CT molecular complexity index is 813. The number of methoxy groups -OCH3 is 1. The van der Waals surface area contributed by atoms with Crippen LogP contribution in [0.5, 0.6) is 0 Å². The third kappa shape index (κ3) is 5.36. The normalized spacial score (nSPS) is 13.6. The third-order valence-electron chi connectivity index (χ3n) is 3.42. The summed E-state index contributed by atoms with van der Waals surface area (Å²) in [5.41, 5.74) is 0.403. The number of hydrogen-bond acceptors (Lipinski definition) is 6. The van der Waals surface area contributed by atoms with Crippen molar-refractivity contribution < 1.29 is 28.2 Å². The second-order valence-corrected chi connectivity index (χ2v) is 7.18. The summed E-state index contributed by atoms with van der Waals surface area (Å²) in [6.45, 7) is 3.32. The summed E-state index contributed by atoms with van der Waals surface area (Å²) in [5, 5.41) is 4.68. The highest BCUT2D eigenvalue weighted by atomic mass is 35.5. The Balaban J connectivity index is 2.18. The molecule has 0 saturated heterocycles. The first kappa shape index (κ1) is 21.0. The Morgan fingerprint density at radius 2 is 1.89 bits per heavy atom. The summed E-state index contributed by atoms with van der Waals surface area (Å²) in [5.74, 6) is -1.28. The minimum Gasteiger partial charge on any atom is -0.466 e. The van der Waals surface area contributed by atoms with E-state index in [1.807, 2.05) is 0 Å². The number of ether oxygens (including phenoxy) is 2. The number of hydrogen-bond donors (Lipinski definition) is 2. The SMILES string of the molecule is COC(=O)C1=C(NC(=O)Nc2cc(C(=O)OC(C)C)c(Cl)cc2F)CSC1. The number of thioether (sulfide) groups is 1. The van der Waals surface area contributed by atoms with Crippen LogP contribution < -0.4 is 10.6 Å². The number of benzene rings is 1. The molecule has 1 heterocycles. The van der Waals surface area contributed by atoms with Crippen molar-refractivity contribution in [3.8, 4) is 0 Å². The molecule has 2 amide bonds. The van der Waals surface area contributed by atoms with Crippen LogP contribution in [0.4, 0.5) is 14.9 Å². The van der Waals surface area contributed by atoms with E-state index < -0.39 is 23.8 Å². The van der Waals surface area contributed by atoms with Crippen LogP contribution in [-0.2, 0) is 14.3 Å². The predicted octanol–water partition coefficient (Wildman–Crippen LogP) is 3.34. The molecule has 0 fully saturated rings. The Morgan fingerprint density at radius 3 is 2.52 bits per heavy atom. The van der Waals surface area contributed by atoms with Crippen LogP contribution in [0, 0.1) is 5.82 Å². The van der Waals surface area contributed by atoms with Gasteiger partial charge in [-0.05, 0) is 26.0 Å². The standard InChI is InChI=1S/C17H18ClFN2O5S/c1-8(2)26-16(23)9-4-13(12(19)5-11(9)18)20-17(24)21-14-7-27-6-10(14)15(22)25-3/h4-5,8H,6-7H2,1-3H3,(H2,20,21,24). The molecule has 1 aliphatic rings. The van der Waals surface area contributed by atoms with E-state index in [4.69, 9.17) is 16.3 Å². The summed E-state index contributed by atoms with van der Waals surface area (Å²) in [4.78, 5) is 35.9. The number of carbonyl (C=O) groups is 3. The van der Waals surface area contributed by atoms with Gasteiger partial charge in [-0.2, -0.15) is 11.8 Å². The van der Waals surface area contributed by atoms with Gasteiger partial charge in [-0.3, -0.25) is 0 Å². The van der Waals surface area contributed by atoms with Gasteiger partial charge in [-0.1, -0.05) is 11.6 Å². The molecule has 0 saturated carbocycles. The molecule has 1 aromatic carbocycles. The van der Waals surface area contributed by atoms with Gasteiger partial charge in [0.2, 0.25) is 0 Å². The Labute approximate surface area is 164 Å². The van der Waals surface area contributed by atoms with Crippen molar-refractivity contribution in [3.05, 3.63) is 39.8 Å². The molecule has 0 unspecified atom stereocenters. The van der Waals surface area contributed by atoms with Gasteiger partial charge in [0.15, 0.2) is 0 Å². The lowest BCUT2D eigenvalue weighted by atomic mass is 10.2. The van der Waals surface area contributed by atoms with Gasteiger partial charge in [-0.25, -0.2) is 18.8 Å². The molecule has 146 valence electrons. The Hall–Kier alpha value is -2.26. The lowest BCUT2D eigenvalue weighted by Gasteiger charge is -2.13. The summed E-state index contributed by atoms with van der Waals surface area (Å²) in [6, 6.07) is 1.25. The molecule has 0 aliphatic carbocycles. The number of urea groups is 1. The van der Waals surface area contributed by atoms with Crippen LogP contribution in [0.2, 0.25) is 5.02 Å². The van der Waals surface area contributed by atoms with Crippen LogP contribution >= 0.6 is 23.4 Å². The first-order valence-corrected chi connectivity index (χ1v) is 9.42. The zero-order valence-electron chi connectivity index (χ0n) is 14.9. The monoisotopic (exact) mass is 416 g/mol. The van der Waals surface area contributed by atoms with Gasteiger partial charge in [0.05, 0.1) is 35.1 Å². The second-order valence-electron chi connectivity index (χ2n) is 5.79. The third-order valence-corrected chi connectivity index (χ3v) is 4.72. The number of esters is 2. The van der Waals surface area contributed by atoms with E-state index in [0.29, 0.717) is 22.8 Å². The number of halogens is 2. The highest BCUT2D eigenvalue weighted by Gasteiger charge is 2.24. The number of nitrogens with one attached hydrogen (secondary N) is 2. The van der Waals surface area contributed by atoms with E-state index in [9.17, 15) is 18.8 Å². The Morgan fingerprint density at radius 1 is 1.19 bits per heavy atom. The molecule has 0 atom stereocenters. The summed E-state index contributed by atoms with van der Waals surface area (Å²) >= 11 is 7.32. The highest BCUT2D eigenvalue weighted by Crippen LogP contribution is 2.26. The molecule has 0 spiro atoms. The van der Waals surface area contributed by atoms with E-state index >= 15 is 0 Å². The van der Waals surface area contributed by atoms with Crippen molar-refractivity contribution in [1.82, 2.24) is 5.32 Å². The van der Waals surface area contributed by atoms with Crippen LogP contribution in [0.15, 0.2) is 23.4 Å². The largest absolute Gasteiger partial charge is 0.466 e. The zero-order chi connectivity index (χ0) is 20.1. The fraction of sp³-hybridized carbons (Fsp3) is 0.353.